The second-order valence-electron chi connectivity index (χ2n) is 6.78. The van der Waals surface area contributed by atoms with Crippen molar-refractivity contribution in [3.05, 3.63) is 65.6 Å². The van der Waals surface area contributed by atoms with Gasteiger partial charge in [0.1, 0.15) is 6.61 Å². The molecule has 0 saturated carbocycles. The van der Waals surface area contributed by atoms with Crippen LogP contribution in [0.1, 0.15) is 30.4 Å². The number of piperidine rings is 1. The number of ether oxygens (including phenoxy) is 2. The molecule has 24 heavy (non-hydrogen) atoms. The van der Waals surface area contributed by atoms with Crippen LogP contribution in [-0.4, -0.2) is 25.3 Å². The lowest BCUT2D eigenvalue weighted by molar-refractivity contribution is 0.108. The molecule has 0 bridgehead atoms. The van der Waals surface area contributed by atoms with Crippen LogP contribution in [0, 0.1) is 0 Å². The van der Waals surface area contributed by atoms with E-state index in [1.807, 2.05) is 0 Å². The van der Waals surface area contributed by atoms with Gasteiger partial charge < -0.3 is 14.8 Å². The van der Waals surface area contributed by atoms with Crippen LogP contribution in [0.5, 0.6) is 0 Å². The Kier molecular flexibility index (Phi) is 3.34. The highest BCUT2D eigenvalue weighted by Gasteiger charge is 2.36. The second kappa shape index (κ2) is 5.67. The first-order valence-corrected chi connectivity index (χ1v) is 8.88. The summed E-state index contributed by atoms with van der Waals surface area (Å²) in [4.78, 5) is 0. The maximum atomic E-state index is 6.29. The first kappa shape index (κ1) is 14.1. The van der Waals surface area contributed by atoms with Crippen molar-refractivity contribution in [1.29, 1.82) is 0 Å². The average molecular weight is 319 g/mol. The number of rotatable bonds is 1. The van der Waals surface area contributed by atoms with E-state index in [0.29, 0.717) is 18.6 Å². The van der Waals surface area contributed by atoms with Gasteiger partial charge in [-0.25, -0.2) is 0 Å². The van der Waals surface area contributed by atoms with Crippen molar-refractivity contribution in [3.8, 4) is 11.1 Å². The van der Waals surface area contributed by atoms with Gasteiger partial charge in [0.2, 0.25) is 0 Å². The standard InChI is InChI=1S/C21H21NO2/c1-3-9-16-14(7-1)15-8-2-4-10-17(15)20(16)21-23-13-19(24-21)18-11-5-6-12-22-18/h1-4,7-10,18-19,22H,5-6,11-13H2/t18?,19-/m1/s1. The van der Waals surface area contributed by atoms with Crippen LogP contribution >= 0.6 is 0 Å². The fourth-order valence-corrected chi connectivity index (χ4v) is 4.13. The molecule has 2 fully saturated rings. The second-order valence-corrected chi connectivity index (χ2v) is 6.78. The number of benzene rings is 2. The lowest BCUT2D eigenvalue weighted by Gasteiger charge is -2.26. The minimum absolute atomic E-state index is 0.118. The summed E-state index contributed by atoms with van der Waals surface area (Å²) in [5.74, 6) is 0.699. The molecule has 1 unspecified atom stereocenters. The predicted molar refractivity (Wildman–Crippen MR) is 94.4 cm³/mol. The zero-order valence-corrected chi connectivity index (χ0v) is 13.6. The highest BCUT2D eigenvalue weighted by atomic mass is 16.7. The Morgan fingerprint density at radius 2 is 1.50 bits per heavy atom. The Bertz CT molecular complexity index is 757. The summed E-state index contributed by atoms with van der Waals surface area (Å²) in [6, 6.07) is 17.4. The van der Waals surface area contributed by atoms with E-state index < -0.39 is 0 Å². The van der Waals surface area contributed by atoms with Crippen LogP contribution in [0.25, 0.3) is 16.7 Å². The monoisotopic (exact) mass is 319 g/mol. The smallest absolute Gasteiger partial charge is 0.288 e. The van der Waals surface area contributed by atoms with E-state index in [1.54, 1.807) is 0 Å². The molecule has 2 saturated heterocycles. The fourth-order valence-electron chi connectivity index (χ4n) is 4.13. The van der Waals surface area contributed by atoms with Crippen molar-refractivity contribution in [2.75, 3.05) is 13.2 Å². The third kappa shape index (κ3) is 2.15. The molecule has 0 aromatic heterocycles. The first-order chi connectivity index (χ1) is 11.9. The Hall–Kier alpha value is -2.26. The summed E-state index contributed by atoms with van der Waals surface area (Å²) in [5, 5.41) is 3.58. The normalized spacial score (nSPS) is 25.0. The van der Waals surface area contributed by atoms with E-state index in [1.165, 1.54) is 41.5 Å². The van der Waals surface area contributed by atoms with Crippen LogP contribution in [0.2, 0.25) is 0 Å². The number of fused-ring (bicyclic) bond motifs is 3. The van der Waals surface area contributed by atoms with Crippen LogP contribution < -0.4 is 5.32 Å². The number of hydrogen-bond donors (Lipinski definition) is 1. The van der Waals surface area contributed by atoms with Crippen molar-refractivity contribution >= 4 is 5.57 Å². The highest BCUT2D eigenvalue weighted by Crippen LogP contribution is 2.46. The Labute approximate surface area is 142 Å². The molecule has 1 N–H and O–H groups in total. The molecule has 2 heterocycles. The maximum Gasteiger partial charge on any atom is 0.288 e. The summed E-state index contributed by atoms with van der Waals surface area (Å²) in [7, 11) is 0. The third-order valence-electron chi connectivity index (χ3n) is 5.32. The highest BCUT2D eigenvalue weighted by molar-refractivity contribution is 6.01. The lowest BCUT2D eigenvalue weighted by Crippen LogP contribution is -2.44. The van der Waals surface area contributed by atoms with Gasteiger partial charge in [0.25, 0.3) is 5.95 Å². The number of hydrogen-bond acceptors (Lipinski definition) is 3. The molecule has 3 nitrogen and oxygen atoms in total. The summed E-state index contributed by atoms with van der Waals surface area (Å²) < 4.78 is 12.3. The Balaban J connectivity index is 1.55. The molecule has 5 rings (SSSR count). The predicted octanol–water partition coefficient (Wildman–Crippen LogP) is 3.94. The topological polar surface area (TPSA) is 30.5 Å². The summed E-state index contributed by atoms with van der Waals surface area (Å²) in [5.41, 5.74) is 6.07. The van der Waals surface area contributed by atoms with Crippen molar-refractivity contribution in [1.82, 2.24) is 5.32 Å². The van der Waals surface area contributed by atoms with Gasteiger partial charge in [0, 0.05) is 6.04 Å². The van der Waals surface area contributed by atoms with E-state index >= 15 is 0 Å². The molecule has 3 aliphatic rings. The number of nitrogens with one attached hydrogen (secondary N) is 1. The van der Waals surface area contributed by atoms with E-state index in [9.17, 15) is 0 Å². The molecule has 122 valence electrons. The molecule has 2 atom stereocenters. The van der Waals surface area contributed by atoms with Crippen molar-refractivity contribution < 1.29 is 9.47 Å². The molecular formula is C21H21NO2. The minimum atomic E-state index is 0.118. The fraction of sp³-hybridized carbons (Fsp3) is 0.333. The van der Waals surface area contributed by atoms with Crippen LogP contribution in [0.15, 0.2) is 54.5 Å². The van der Waals surface area contributed by atoms with Gasteiger partial charge in [-0.3, -0.25) is 0 Å². The molecule has 2 aliphatic heterocycles. The Morgan fingerprint density at radius 3 is 2.12 bits per heavy atom. The molecule has 3 heteroatoms. The van der Waals surface area contributed by atoms with Crippen LogP contribution in [0.4, 0.5) is 0 Å². The van der Waals surface area contributed by atoms with Gasteiger partial charge in [-0.15, -0.1) is 0 Å². The zero-order valence-electron chi connectivity index (χ0n) is 13.6. The van der Waals surface area contributed by atoms with E-state index in [0.717, 1.165) is 12.1 Å². The van der Waals surface area contributed by atoms with Crippen molar-refractivity contribution in [2.45, 2.75) is 31.4 Å². The maximum absolute atomic E-state index is 6.29. The van der Waals surface area contributed by atoms with Crippen LogP contribution in [-0.2, 0) is 9.47 Å². The van der Waals surface area contributed by atoms with Gasteiger partial charge in [-0.2, -0.15) is 0 Å². The van der Waals surface area contributed by atoms with Crippen molar-refractivity contribution in [3.63, 3.8) is 0 Å². The zero-order chi connectivity index (χ0) is 15.9. The average Bonchev–Trinajstić information content (AvgIpc) is 3.25. The van der Waals surface area contributed by atoms with Crippen LogP contribution in [0.3, 0.4) is 0 Å². The molecule has 2 aromatic carbocycles. The van der Waals surface area contributed by atoms with Gasteiger partial charge in [0.05, 0.1) is 5.57 Å². The van der Waals surface area contributed by atoms with Gasteiger partial charge in [-0.1, -0.05) is 55.0 Å². The largest absolute Gasteiger partial charge is 0.461 e. The van der Waals surface area contributed by atoms with E-state index in [2.05, 4.69) is 53.8 Å². The summed E-state index contributed by atoms with van der Waals surface area (Å²) >= 11 is 0. The Morgan fingerprint density at radius 1 is 0.833 bits per heavy atom. The van der Waals surface area contributed by atoms with Gasteiger partial charge in [-0.05, 0) is 41.6 Å². The molecule has 0 amide bonds. The molecule has 1 aliphatic carbocycles. The van der Waals surface area contributed by atoms with E-state index in [-0.39, 0.29) is 6.10 Å². The molecule has 0 radical (unpaired) electrons. The minimum Gasteiger partial charge on any atom is -0.461 e. The molecule has 0 spiro atoms. The van der Waals surface area contributed by atoms with Crippen molar-refractivity contribution in [2.24, 2.45) is 0 Å². The lowest BCUT2D eigenvalue weighted by atomic mass is 10.0. The summed E-state index contributed by atoms with van der Waals surface area (Å²) in [6.45, 7) is 1.73. The third-order valence-corrected chi connectivity index (χ3v) is 5.32. The SMILES string of the molecule is c1ccc2c(c1)C(=C1OC[C@H](C3CCCCN3)O1)c1ccccc1-2. The van der Waals surface area contributed by atoms with E-state index in [4.69, 9.17) is 9.47 Å². The van der Waals surface area contributed by atoms with Gasteiger partial charge >= 0.3 is 0 Å². The summed E-state index contributed by atoms with van der Waals surface area (Å²) in [6.07, 6.45) is 3.82. The quantitative estimate of drug-likeness (QED) is 0.737. The van der Waals surface area contributed by atoms with Gasteiger partial charge in [0.15, 0.2) is 6.10 Å². The molecule has 2 aromatic rings. The molecular weight excluding hydrogens is 298 g/mol. The first-order valence-electron chi connectivity index (χ1n) is 8.88.